The molecule has 0 aliphatic heterocycles. The Balaban J connectivity index is 0.000000396. The first-order chi connectivity index (χ1) is 6.27. The minimum Gasteiger partial charge on any atom is -0.282 e. The van der Waals surface area contributed by atoms with Crippen molar-refractivity contribution in [1.29, 1.82) is 0 Å². The molecule has 0 radical (unpaired) electrons. The summed E-state index contributed by atoms with van der Waals surface area (Å²) in [5.74, 6) is 0. The zero-order chi connectivity index (χ0) is 9.84. The maximum Gasteiger partial charge on any atom is 0.129 e. The molecule has 70 valence electrons. The quantitative estimate of drug-likeness (QED) is 0.660. The summed E-state index contributed by atoms with van der Waals surface area (Å²) in [5, 5.41) is 8.40. The minimum absolute atomic E-state index is 0.502. The second-order valence-corrected chi connectivity index (χ2v) is 2.76. The van der Waals surface area contributed by atoms with Crippen molar-refractivity contribution in [3.8, 4) is 0 Å². The van der Waals surface area contributed by atoms with Crippen LogP contribution in [0, 0.1) is 6.92 Å². The molecule has 0 spiro atoms. The average Bonchev–Trinajstić information content (AvgIpc) is 2.52. The van der Waals surface area contributed by atoms with Crippen LogP contribution in [0.3, 0.4) is 0 Å². The molecule has 0 bridgehead atoms. The first-order valence-corrected chi connectivity index (χ1v) is 4.61. The largest absolute Gasteiger partial charge is 0.282 e. The van der Waals surface area contributed by atoms with Crippen LogP contribution in [0.15, 0.2) is 12.3 Å². The molecule has 4 heteroatoms. The molecule has 2 rings (SSSR count). The van der Waals surface area contributed by atoms with Gasteiger partial charge in [-0.25, -0.2) is 4.98 Å². The summed E-state index contributed by atoms with van der Waals surface area (Å²) in [7, 11) is 0. The van der Waals surface area contributed by atoms with E-state index >= 15 is 0 Å². The smallest absolute Gasteiger partial charge is 0.129 e. The number of nitrogens with zero attached hydrogens (tertiary/aromatic N) is 2. The predicted octanol–water partition coefficient (Wildman–Crippen LogP) is 2.95. The zero-order valence-corrected chi connectivity index (χ0v) is 8.68. The average molecular weight is 198 g/mol. The molecule has 3 nitrogen and oxygen atoms in total. The first-order valence-electron chi connectivity index (χ1n) is 4.23. The maximum atomic E-state index is 5.69. The van der Waals surface area contributed by atoms with Crippen molar-refractivity contribution in [2.24, 2.45) is 0 Å². The second kappa shape index (κ2) is 4.23. The van der Waals surface area contributed by atoms with Crippen molar-refractivity contribution in [2.45, 2.75) is 20.8 Å². The van der Waals surface area contributed by atoms with Gasteiger partial charge in [-0.3, -0.25) is 5.10 Å². The molecule has 2 aromatic rings. The Labute approximate surface area is 82.1 Å². The normalized spacial score (nSPS) is 9.54. The summed E-state index contributed by atoms with van der Waals surface area (Å²) in [5.41, 5.74) is 1.87. The van der Waals surface area contributed by atoms with Gasteiger partial charge in [0.1, 0.15) is 10.7 Å². The highest BCUT2D eigenvalue weighted by Crippen LogP contribution is 2.16. The highest BCUT2D eigenvalue weighted by atomic mass is 35.5. The summed E-state index contributed by atoms with van der Waals surface area (Å²) in [6, 6.07) is 1.80. The van der Waals surface area contributed by atoms with Gasteiger partial charge in [-0.05, 0) is 13.0 Å². The molecule has 2 aromatic heterocycles. The fraction of sp³-hybridized carbons (Fsp3) is 0.333. The number of halogens is 1. The molecule has 0 aliphatic rings. The number of hydrogen-bond donors (Lipinski definition) is 1. The van der Waals surface area contributed by atoms with Gasteiger partial charge in [0, 0.05) is 11.1 Å². The van der Waals surface area contributed by atoms with E-state index < -0.39 is 0 Å². The first kappa shape index (κ1) is 9.99. The Hall–Kier alpha value is -1.09. The molecule has 0 saturated carbocycles. The Morgan fingerprint density at radius 3 is 2.77 bits per heavy atom. The predicted molar refractivity (Wildman–Crippen MR) is 55.0 cm³/mol. The summed E-state index contributed by atoms with van der Waals surface area (Å²) >= 11 is 5.69. The van der Waals surface area contributed by atoms with Gasteiger partial charge >= 0.3 is 0 Å². The fourth-order valence-electron chi connectivity index (χ4n) is 1.02. The van der Waals surface area contributed by atoms with Crippen molar-refractivity contribution in [1.82, 2.24) is 15.2 Å². The fourth-order valence-corrected chi connectivity index (χ4v) is 1.17. The van der Waals surface area contributed by atoms with E-state index in [1.165, 1.54) is 0 Å². The van der Waals surface area contributed by atoms with Gasteiger partial charge in [-0.1, -0.05) is 25.4 Å². The topological polar surface area (TPSA) is 41.6 Å². The van der Waals surface area contributed by atoms with E-state index in [-0.39, 0.29) is 0 Å². The molecule has 1 N–H and O–H groups in total. The molecule has 0 aromatic carbocycles. The van der Waals surface area contributed by atoms with Crippen molar-refractivity contribution in [2.75, 3.05) is 0 Å². The number of nitrogens with one attached hydrogen (secondary N) is 1. The number of aromatic nitrogens is 3. The van der Waals surface area contributed by atoms with Crippen molar-refractivity contribution in [3.05, 3.63) is 23.1 Å². The van der Waals surface area contributed by atoms with E-state index in [0.717, 1.165) is 16.6 Å². The van der Waals surface area contributed by atoms with Gasteiger partial charge in [0.2, 0.25) is 0 Å². The van der Waals surface area contributed by atoms with Gasteiger partial charge in [0.05, 0.1) is 6.20 Å². The minimum atomic E-state index is 0.502. The van der Waals surface area contributed by atoms with Crippen molar-refractivity contribution in [3.63, 3.8) is 0 Å². The molecule has 0 saturated heterocycles. The lowest BCUT2D eigenvalue weighted by atomic mass is 10.3. The standard InChI is InChI=1S/C7H6ClN3.C2H6/c1-4-5-2-7(8)9-3-6(5)11-10-4;1-2/h2-3H,1H3,(H,10,11);1-2H3. The lowest BCUT2D eigenvalue weighted by Gasteiger charge is -1.88. The molecule has 13 heavy (non-hydrogen) atoms. The van der Waals surface area contributed by atoms with Gasteiger partial charge in [-0.15, -0.1) is 0 Å². The second-order valence-electron chi connectivity index (χ2n) is 2.37. The molecule has 0 unspecified atom stereocenters. The number of aromatic amines is 1. The van der Waals surface area contributed by atoms with Gasteiger partial charge in [0.15, 0.2) is 0 Å². The van der Waals surface area contributed by atoms with Gasteiger partial charge in [0.25, 0.3) is 0 Å². The number of rotatable bonds is 0. The number of aryl methyl sites for hydroxylation is 1. The van der Waals surface area contributed by atoms with E-state index in [1.54, 1.807) is 12.3 Å². The van der Waals surface area contributed by atoms with E-state index in [9.17, 15) is 0 Å². The molecule has 0 aliphatic carbocycles. The van der Waals surface area contributed by atoms with Crippen LogP contribution in [0.4, 0.5) is 0 Å². The van der Waals surface area contributed by atoms with Crippen LogP contribution in [0.2, 0.25) is 5.15 Å². The molecule has 2 heterocycles. The number of H-pyrrole nitrogens is 1. The Morgan fingerprint density at radius 1 is 1.38 bits per heavy atom. The Bertz CT molecular complexity index is 395. The van der Waals surface area contributed by atoms with Crippen LogP contribution < -0.4 is 0 Å². The Morgan fingerprint density at radius 2 is 2.08 bits per heavy atom. The van der Waals surface area contributed by atoms with Crippen LogP contribution in [-0.2, 0) is 0 Å². The van der Waals surface area contributed by atoms with Crippen LogP contribution >= 0.6 is 11.6 Å². The van der Waals surface area contributed by atoms with Crippen molar-refractivity contribution < 1.29 is 0 Å². The van der Waals surface area contributed by atoms with Crippen LogP contribution in [0.1, 0.15) is 19.5 Å². The molecule has 0 atom stereocenters. The SMILES string of the molecule is CC.Cc1[nH]nc2cnc(Cl)cc12. The summed E-state index contributed by atoms with van der Waals surface area (Å²) in [4.78, 5) is 3.90. The zero-order valence-electron chi connectivity index (χ0n) is 7.93. The number of fused-ring (bicyclic) bond motifs is 1. The van der Waals surface area contributed by atoms with E-state index in [4.69, 9.17) is 11.6 Å². The molecule has 0 fully saturated rings. The third-order valence-electron chi connectivity index (χ3n) is 1.60. The van der Waals surface area contributed by atoms with Crippen LogP contribution in [0.5, 0.6) is 0 Å². The van der Waals surface area contributed by atoms with E-state index in [1.807, 2.05) is 20.8 Å². The summed E-state index contributed by atoms with van der Waals surface area (Å²) < 4.78 is 0. The summed E-state index contributed by atoms with van der Waals surface area (Å²) in [6.07, 6.45) is 1.65. The highest BCUT2D eigenvalue weighted by Gasteiger charge is 2.00. The molecular formula is C9H12ClN3. The highest BCUT2D eigenvalue weighted by molar-refractivity contribution is 6.30. The van der Waals surface area contributed by atoms with Gasteiger partial charge < -0.3 is 0 Å². The van der Waals surface area contributed by atoms with Crippen LogP contribution in [-0.4, -0.2) is 15.2 Å². The third-order valence-corrected chi connectivity index (χ3v) is 1.80. The lowest BCUT2D eigenvalue weighted by molar-refractivity contribution is 1.07. The molecular weight excluding hydrogens is 186 g/mol. The monoisotopic (exact) mass is 197 g/mol. The van der Waals surface area contributed by atoms with E-state index in [0.29, 0.717) is 5.15 Å². The van der Waals surface area contributed by atoms with Crippen molar-refractivity contribution >= 4 is 22.5 Å². The lowest BCUT2D eigenvalue weighted by Crippen LogP contribution is -1.74. The Kier molecular flexibility index (Phi) is 3.25. The maximum absolute atomic E-state index is 5.69. The number of hydrogen-bond acceptors (Lipinski definition) is 2. The van der Waals surface area contributed by atoms with E-state index in [2.05, 4.69) is 15.2 Å². The third kappa shape index (κ3) is 1.98. The molecule has 0 amide bonds. The number of pyridine rings is 1. The summed E-state index contributed by atoms with van der Waals surface area (Å²) in [6.45, 7) is 5.95. The van der Waals surface area contributed by atoms with Gasteiger partial charge in [-0.2, -0.15) is 5.10 Å². The van der Waals surface area contributed by atoms with Crippen LogP contribution in [0.25, 0.3) is 10.9 Å².